The Balaban J connectivity index is 2.33. The van der Waals surface area contributed by atoms with Crippen LogP contribution in [0.25, 0.3) is 0 Å². The van der Waals surface area contributed by atoms with Crippen molar-refractivity contribution in [2.45, 2.75) is 25.8 Å². The van der Waals surface area contributed by atoms with E-state index in [9.17, 15) is 9.00 Å². The third-order valence-electron chi connectivity index (χ3n) is 2.96. The molecule has 0 aliphatic carbocycles. The fraction of sp³-hybridized carbons (Fsp3) is 0.909. The second-order valence-corrected chi connectivity index (χ2v) is 6.27. The molecule has 1 rings (SSSR count). The second-order valence-electron chi connectivity index (χ2n) is 4.58. The maximum absolute atomic E-state index is 11.6. The summed E-state index contributed by atoms with van der Waals surface area (Å²) >= 11 is 0. The van der Waals surface area contributed by atoms with Gasteiger partial charge in [0.1, 0.15) is 5.54 Å². The Bertz CT molecular complexity index is 284. The molecule has 0 radical (unpaired) electrons. The Kier molecular flexibility index (Phi) is 5.55. The molecular weight excluding hydrogens is 240 g/mol. The van der Waals surface area contributed by atoms with E-state index in [1.807, 2.05) is 0 Å². The quantitative estimate of drug-likeness (QED) is 0.690. The van der Waals surface area contributed by atoms with Gasteiger partial charge in [-0.05, 0) is 20.3 Å². The molecule has 1 unspecified atom stereocenters. The molecule has 1 saturated heterocycles. The molecule has 1 aliphatic rings. The Hall–Kier alpha value is -0.460. The number of nitrogens with two attached hydrogens (primary N) is 1. The molecule has 0 aromatic rings. The molecule has 2 N–H and O–H groups in total. The molecular formula is C11H22N2O3S. The number of carbonyl (C=O) groups is 1. The molecule has 1 atom stereocenters. The predicted octanol–water partition coefficient (Wildman–Crippen LogP) is -0.279. The van der Waals surface area contributed by atoms with Crippen molar-refractivity contribution in [1.82, 2.24) is 4.90 Å². The minimum Gasteiger partial charge on any atom is -0.465 e. The van der Waals surface area contributed by atoms with Crippen molar-refractivity contribution in [2.24, 2.45) is 5.73 Å². The van der Waals surface area contributed by atoms with Gasteiger partial charge in [0.2, 0.25) is 0 Å². The molecule has 1 aliphatic heterocycles. The normalized spacial score (nSPS) is 22.1. The lowest BCUT2D eigenvalue weighted by Crippen LogP contribution is -2.49. The zero-order chi connectivity index (χ0) is 12.9. The molecule has 0 aromatic carbocycles. The van der Waals surface area contributed by atoms with Gasteiger partial charge >= 0.3 is 5.97 Å². The lowest BCUT2D eigenvalue weighted by atomic mass is 9.99. The van der Waals surface area contributed by atoms with E-state index in [4.69, 9.17) is 10.5 Å². The van der Waals surface area contributed by atoms with Crippen LogP contribution in [0.3, 0.4) is 0 Å². The summed E-state index contributed by atoms with van der Waals surface area (Å²) in [5, 5.41) is 0. The van der Waals surface area contributed by atoms with E-state index in [2.05, 4.69) is 4.90 Å². The molecule has 5 nitrogen and oxygen atoms in total. The Morgan fingerprint density at radius 2 is 2.06 bits per heavy atom. The van der Waals surface area contributed by atoms with Crippen LogP contribution in [0, 0.1) is 0 Å². The van der Waals surface area contributed by atoms with E-state index in [1.54, 1.807) is 13.8 Å². The van der Waals surface area contributed by atoms with E-state index < -0.39 is 16.3 Å². The molecule has 0 saturated carbocycles. The van der Waals surface area contributed by atoms with E-state index in [0.717, 1.165) is 31.1 Å². The van der Waals surface area contributed by atoms with Crippen LogP contribution in [0.5, 0.6) is 0 Å². The van der Waals surface area contributed by atoms with Gasteiger partial charge in [0.15, 0.2) is 0 Å². The molecule has 100 valence electrons. The Labute approximate surface area is 105 Å². The van der Waals surface area contributed by atoms with Crippen molar-refractivity contribution >= 4 is 16.8 Å². The van der Waals surface area contributed by atoms with Gasteiger partial charge in [-0.25, -0.2) is 0 Å². The van der Waals surface area contributed by atoms with Gasteiger partial charge in [-0.3, -0.25) is 9.00 Å². The maximum atomic E-state index is 11.6. The first-order chi connectivity index (χ1) is 7.95. The molecule has 0 spiro atoms. The SMILES string of the molecule is CCOC(=O)C(C)(N)CCN1CCS(=O)CC1. The van der Waals surface area contributed by atoms with Crippen LogP contribution in [0.15, 0.2) is 0 Å². The molecule has 0 bridgehead atoms. The highest BCUT2D eigenvalue weighted by molar-refractivity contribution is 7.85. The van der Waals surface area contributed by atoms with Crippen molar-refractivity contribution in [2.75, 3.05) is 37.7 Å². The highest BCUT2D eigenvalue weighted by Crippen LogP contribution is 2.11. The summed E-state index contributed by atoms with van der Waals surface area (Å²) < 4.78 is 16.1. The van der Waals surface area contributed by atoms with Crippen molar-refractivity contribution < 1.29 is 13.7 Å². The van der Waals surface area contributed by atoms with E-state index >= 15 is 0 Å². The van der Waals surface area contributed by atoms with Gasteiger partial charge in [-0.15, -0.1) is 0 Å². The maximum Gasteiger partial charge on any atom is 0.325 e. The van der Waals surface area contributed by atoms with Gasteiger partial charge in [-0.1, -0.05) is 0 Å². The number of ether oxygens (including phenoxy) is 1. The summed E-state index contributed by atoms with van der Waals surface area (Å²) in [6.45, 7) is 6.23. The topological polar surface area (TPSA) is 72.6 Å². The van der Waals surface area contributed by atoms with E-state index in [0.29, 0.717) is 13.0 Å². The first-order valence-corrected chi connectivity index (χ1v) is 7.48. The first kappa shape index (κ1) is 14.6. The number of carbonyl (C=O) groups excluding carboxylic acids is 1. The number of rotatable bonds is 5. The lowest BCUT2D eigenvalue weighted by molar-refractivity contribution is -0.149. The van der Waals surface area contributed by atoms with Crippen molar-refractivity contribution in [3.05, 3.63) is 0 Å². The highest BCUT2D eigenvalue weighted by atomic mass is 32.2. The fourth-order valence-electron chi connectivity index (χ4n) is 1.69. The molecule has 1 heterocycles. The monoisotopic (exact) mass is 262 g/mol. The number of nitrogens with zero attached hydrogens (tertiary/aromatic N) is 1. The zero-order valence-corrected chi connectivity index (χ0v) is 11.4. The largest absolute Gasteiger partial charge is 0.465 e. The van der Waals surface area contributed by atoms with Gasteiger partial charge in [0.25, 0.3) is 0 Å². The second kappa shape index (κ2) is 6.47. The van der Waals surface area contributed by atoms with Crippen molar-refractivity contribution in [1.29, 1.82) is 0 Å². The average Bonchev–Trinajstić information content (AvgIpc) is 2.29. The Morgan fingerprint density at radius 3 is 2.59 bits per heavy atom. The van der Waals surface area contributed by atoms with Crippen LogP contribution < -0.4 is 5.73 Å². The average molecular weight is 262 g/mol. The predicted molar refractivity (Wildman–Crippen MR) is 68.2 cm³/mol. The molecule has 17 heavy (non-hydrogen) atoms. The van der Waals surface area contributed by atoms with Gasteiger partial charge in [0.05, 0.1) is 6.61 Å². The minimum atomic E-state index is -0.924. The van der Waals surface area contributed by atoms with E-state index in [-0.39, 0.29) is 5.97 Å². The van der Waals surface area contributed by atoms with Crippen LogP contribution in [0.4, 0.5) is 0 Å². The van der Waals surface area contributed by atoms with E-state index in [1.165, 1.54) is 0 Å². The van der Waals surface area contributed by atoms with Gasteiger partial charge in [-0.2, -0.15) is 0 Å². The minimum absolute atomic E-state index is 0.347. The Morgan fingerprint density at radius 1 is 1.47 bits per heavy atom. The zero-order valence-electron chi connectivity index (χ0n) is 10.6. The summed E-state index contributed by atoms with van der Waals surface area (Å²) in [6, 6.07) is 0. The number of hydrogen-bond donors (Lipinski definition) is 1. The summed E-state index contributed by atoms with van der Waals surface area (Å²) in [7, 11) is -0.662. The smallest absolute Gasteiger partial charge is 0.325 e. The summed E-state index contributed by atoms with van der Waals surface area (Å²) in [5.74, 6) is 1.10. The van der Waals surface area contributed by atoms with Crippen LogP contribution in [-0.2, 0) is 20.3 Å². The molecule has 0 aromatic heterocycles. The number of hydrogen-bond acceptors (Lipinski definition) is 5. The number of esters is 1. The van der Waals surface area contributed by atoms with Crippen LogP contribution in [0.2, 0.25) is 0 Å². The summed E-state index contributed by atoms with van der Waals surface area (Å²) in [5.41, 5.74) is 5.01. The third-order valence-corrected chi connectivity index (χ3v) is 4.24. The van der Waals surface area contributed by atoms with Gasteiger partial charge < -0.3 is 15.4 Å². The molecule has 1 fully saturated rings. The fourth-order valence-corrected chi connectivity index (χ4v) is 2.82. The van der Waals surface area contributed by atoms with Crippen LogP contribution in [-0.4, -0.2) is 58.4 Å². The highest BCUT2D eigenvalue weighted by Gasteiger charge is 2.30. The molecule has 6 heteroatoms. The first-order valence-electron chi connectivity index (χ1n) is 5.99. The summed E-state index contributed by atoms with van der Waals surface area (Å²) in [4.78, 5) is 13.8. The lowest BCUT2D eigenvalue weighted by Gasteiger charge is -2.29. The van der Waals surface area contributed by atoms with Crippen molar-refractivity contribution in [3.63, 3.8) is 0 Å². The standard InChI is InChI=1S/C11H22N2O3S/c1-3-16-10(14)11(2,12)4-5-13-6-8-17(15)9-7-13/h3-9,12H2,1-2H3. The van der Waals surface area contributed by atoms with Crippen molar-refractivity contribution in [3.8, 4) is 0 Å². The summed E-state index contributed by atoms with van der Waals surface area (Å²) in [6.07, 6.45) is 0.568. The van der Waals surface area contributed by atoms with Gasteiger partial charge in [0, 0.05) is 41.9 Å². The van der Waals surface area contributed by atoms with Crippen LogP contribution >= 0.6 is 0 Å². The van der Waals surface area contributed by atoms with Crippen LogP contribution in [0.1, 0.15) is 20.3 Å². The third kappa shape index (κ3) is 4.73. The molecule has 0 amide bonds.